The number of Topliss-reactive ketones (excluding diaryl/α,β-unsaturated/α-hetero) is 1. The second kappa shape index (κ2) is 17.8. The summed E-state index contributed by atoms with van der Waals surface area (Å²) < 4.78 is 17.9. The average Bonchev–Trinajstić information content (AvgIpc) is 3.19. The largest absolute Gasteiger partial charge is 0.456 e. The molecule has 15 heteroatoms. The number of aliphatic hydroxyl groups is 5. The fraction of sp³-hybridized carbons (Fsp3) is 0.442. The minimum absolute atomic E-state index is 0. The van der Waals surface area contributed by atoms with Gasteiger partial charge in [-0.1, -0.05) is 80.6 Å². The number of carbonyl (C=O) groups excluding carboxylic acids is 4. The molecule has 7 rings (SSSR count). The molecular weight excluding hydrogens is 1180 g/mol. The summed E-state index contributed by atoms with van der Waals surface area (Å²) in [7, 11) is 0. The number of rotatable bonds is 8. The Kier molecular flexibility index (Phi) is 14.5. The number of esters is 2. The van der Waals surface area contributed by atoms with E-state index >= 15 is 0 Å². The first-order chi connectivity index (χ1) is 26.5. The summed E-state index contributed by atoms with van der Waals surface area (Å²) >= 11 is 0. The molecular formula is C43H47Ac2NO12. The van der Waals surface area contributed by atoms with Crippen molar-refractivity contribution in [1.29, 1.82) is 0 Å². The SMILES string of the molecule is CC1=C2[C@@H](O)C(=O)[C@@]3(C)[C@H]([C@H](OC(=O)c4ccccc4)[C@](O)(C[C@@H]1OC(=O)[C@H](O)[C@@H](NC(=O)c1ccccc1)c1ccccc1)C2(C)C)[C@]1(O)CO[C@@H]1C[C@@H]3O.[Ac].[Ac]. The summed E-state index contributed by atoms with van der Waals surface area (Å²) in [6.45, 7) is 5.72. The van der Waals surface area contributed by atoms with Gasteiger partial charge >= 0.3 is 11.9 Å². The van der Waals surface area contributed by atoms with Gasteiger partial charge in [0.2, 0.25) is 0 Å². The van der Waals surface area contributed by atoms with Crippen LogP contribution >= 0.6 is 0 Å². The second-order valence-corrected chi connectivity index (χ2v) is 16.2. The van der Waals surface area contributed by atoms with Crippen molar-refractivity contribution in [3.8, 4) is 0 Å². The Morgan fingerprint density at radius 3 is 1.95 bits per heavy atom. The molecule has 3 aromatic rings. The average molecular weight is 1220 g/mol. The zero-order valence-corrected chi connectivity index (χ0v) is 42.1. The molecule has 3 fully saturated rings. The summed E-state index contributed by atoms with van der Waals surface area (Å²) in [6.07, 6.45) is -10.3. The summed E-state index contributed by atoms with van der Waals surface area (Å²) in [4.78, 5) is 56.0. The molecule has 0 aromatic heterocycles. The van der Waals surface area contributed by atoms with E-state index in [1.807, 2.05) is 0 Å². The molecule has 11 atom stereocenters. The third kappa shape index (κ3) is 7.78. The van der Waals surface area contributed by atoms with Crippen molar-refractivity contribution in [3.05, 3.63) is 119 Å². The fourth-order valence-electron chi connectivity index (χ4n) is 9.54. The van der Waals surface area contributed by atoms with Crippen LogP contribution in [0, 0.1) is 105 Å². The van der Waals surface area contributed by atoms with Gasteiger partial charge in [-0.2, -0.15) is 0 Å². The van der Waals surface area contributed by atoms with E-state index < -0.39 is 101 Å². The zero-order chi connectivity index (χ0) is 40.4. The smallest absolute Gasteiger partial charge is 0.338 e. The number of hydrogen-bond acceptors (Lipinski definition) is 12. The quantitative estimate of drug-likeness (QED) is 0.142. The molecule has 4 aliphatic rings. The van der Waals surface area contributed by atoms with Crippen molar-refractivity contribution < 1.29 is 147 Å². The number of ketones is 1. The minimum atomic E-state index is -2.30. The first-order valence-electron chi connectivity index (χ1n) is 18.7. The summed E-state index contributed by atoms with van der Waals surface area (Å²) in [5.41, 5.74) is -6.83. The molecule has 1 aliphatic heterocycles. The van der Waals surface area contributed by atoms with E-state index in [0.717, 1.165) is 0 Å². The van der Waals surface area contributed by atoms with Crippen LogP contribution in [0.25, 0.3) is 0 Å². The maximum absolute atomic E-state index is 14.7. The summed E-state index contributed by atoms with van der Waals surface area (Å²) in [6, 6.07) is 23.2. The van der Waals surface area contributed by atoms with E-state index in [1.165, 1.54) is 26.0 Å². The Balaban J connectivity index is 0.00000320. The molecule has 1 saturated heterocycles. The van der Waals surface area contributed by atoms with Crippen LogP contribution in [0.1, 0.15) is 72.9 Å². The first kappa shape index (κ1) is 47.2. The van der Waals surface area contributed by atoms with Crippen LogP contribution < -0.4 is 5.32 Å². The number of ether oxygens (including phenoxy) is 3. The molecule has 0 spiro atoms. The third-order valence-corrected chi connectivity index (χ3v) is 12.9. The zero-order valence-electron chi connectivity index (χ0n) is 32.6. The molecule has 2 bridgehead atoms. The van der Waals surface area contributed by atoms with E-state index in [2.05, 4.69) is 5.32 Å². The third-order valence-electron chi connectivity index (χ3n) is 12.9. The number of amides is 1. The van der Waals surface area contributed by atoms with Gasteiger partial charge in [0, 0.05) is 118 Å². The van der Waals surface area contributed by atoms with Crippen molar-refractivity contribution in [2.45, 2.75) is 94.4 Å². The van der Waals surface area contributed by atoms with Gasteiger partial charge in [-0.3, -0.25) is 9.59 Å². The minimum Gasteiger partial charge on any atom is -0.456 e. The van der Waals surface area contributed by atoms with Gasteiger partial charge in [0.15, 0.2) is 11.9 Å². The summed E-state index contributed by atoms with van der Waals surface area (Å²) in [5, 5.41) is 63.6. The normalized spacial score (nSPS) is 33.1. The van der Waals surface area contributed by atoms with Gasteiger partial charge in [-0.25, -0.2) is 9.59 Å². The maximum atomic E-state index is 14.7. The number of nitrogens with one attached hydrogen (secondary N) is 1. The molecule has 302 valence electrons. The van der Waals surface area contributed by atoms with Crippen molar-refractivity contribution in [3.63, 3.8) is 0 Å². The molecule has 1 heterocycles. The van der Waals surface area contributed by atoms with E-state index in [0.29, 0.717) is 5.56 Å². The van der Waals surface area contributed by atoms with Crippen molar-refractivity contribution >= 4 is 23.6 Å². The Hall–Kier alpha value is -1.88. The van der Waals surface area contributed by atoms with Crippen molar-refractivity contribution in [1.82, 2.24) is 5.32 Å². The predicted octanol–water partition coefficient (Wildman–Crippen LogP) is 2.59. The van der Waals surface area contributed by atoms with Crippen LogP contribution in [0.5, 0.6) is 0 Å². The van der Waals surface area contributed by atoms with E-state index in [4.69, 9.17) is 14.2 Å². The molecule has 2 radical (unpaired) electrons. The summed E-state index contributed by atoms with van der Waals surface area (Å²) in [5.74, 6) is -5.07. The van der Waals surface area contributed by atoms with Crippen LogP contribution in [0.2, 0.25) is 0 Å². The van der Waals surface area contributed by atoms with Crippen LogP contribution in [-0.4, -0.2) is 104 Å². The van der Waals surface area contributed by atoms with E-state index in [1.54, 1.807) is 92.7 Å². The maximum Gasteiger partial charge on any atom is 0.338 e. The van der Waals surface area contributed by atoms with Crippen molar-refractivity contribution in [2.75, 3.05) is 6.61 Å². The Morgan fingerprint density at radius 2 is 1.40 bits per heavy atom. The molecule has 13 nitrogen and oxygen atoms in total. The van der Waals surface area contributed by atoms with Gasteiger partial charge in [-0.15, -0.1) is 0 Å². The number of carbonyl (C=O) groups is 4. The number of hydrogen-bond donors (Lipinski definition) is 6. The molecule has 3 aliphatic carbocycles. The Bertz CT molecular complexity index is 2050. The van der Waals surface area contributed by atoms with Gasteiger partial charge in [0.1, 0.15) is 29.5 Å². The molecule has 2 saturated carbocycles. The molecule has 1 amide bonds. The monoisotopic (exact) mass is 1220 g/mol. The van der Waals surface area contributed by atoms with Crippen LogP contribution in [0.15, 0.2) is 102 Å². The standard InChI is InChI=1S/C43H47NO12.2Ac/c1-23-27(55-39(51)33(47)31(24-14-8-5-9-15-24)44-37(49)25-16-10-6-11-17-25)21-43(53)36(56-38(50)26-18-12-7-13-19-26)34-41(4,28(45)20-29-42(34,52)22-54-29)35(48)32(46)30(23)40(43,2)3;;/h5-19,27-29,31-34,36,45-47,52-53H,20-22H2,1-4H3,(H,44,49);;/t27-,28-,29+,31-,32+,33+,34-,36-,41+,42-,43+;;/m0../s1. The first-order valence-corrected chi connectivity index (χ1v) is 18.7. The van der Waals surface area contributed by atoms with E-state index in [-0.39, 0.29) is 123 Å². The Labute approximate surface area is 408 Å². The Morgan fingerprint density at radius 1 is 0.845 bits per heavy atom. The number of aliphatic hydroxyl groups excluding tert-OH is 3. The van der Waals surface area contributed by atoms with Crippen molar-refractivity contribution in [2.24, 2.45) is 16.7 Å². The molecule has 3 aromatic carbocycles. The van der Waals surface area contributed by atoms with Crippen LogP contribution in [-0.2, 0) is 23.8 Å². The number of benzene rings is 3. The number of fused-ring (bicyclic) bond motifs is 5. The van der Waals surface area contributed by atoms with Crippen LogP contribution in [0.3, 0.4) is 0 Å². The second-order valence-electron chi connectivity index (χ2n) is 16.2. The molecule has 6 N–H and O–H groups in total. The van der Waals surface area contributed by atoms with Crippen LogP contribution in [0.4, 0.5) is 0 Å². The van der Waals surface area contributed by atoms with Gasteiger partial charge < -0.3 is 45.1 Å². The molecule has 0 unspecified atom stereocenters. The van der Waals surface area contributed by atoms with E-state index in [9.17, 15) is 44.7 Å². The van der Waals surface area contributed by atoms with Gasteiger partial charge in [-0.05, 0) is 54.8 Å². The fourth-order valence-corrected chi connectivity index (χ4v) is 9.54. The van der Waals surface area contributed by atoms with Gasteiger partial charge in [0.25, 0.3) is 5.91 Å². The molecule has 58 heavy (non-hydrogen) atoms. The van der Waals surface area contributed by atoms with Gasteiger partial charge in [0.05, 0.1) is 35.8 Å². The topological polar surface area (TPSA) is 209 Å². The predicted molar refractivity (Wildman–Crippen MR) is 199 cm³/mol.